The van der Waals surface area contributed by atoms with Crippen LogP contribution in [0.2, 0.25) is 0 Å². The number of carbonyl (C=O) groups excluding carboxylic acids is 2. The number of benzene rings is 1. The molecular formula is C12H10N2O5. The van der Waals surface area contributed by atoms with Crippen LogP contribution >= 0.6 is 0 Å². The van der Waals surface area contributed by atoms with Crippen molar-refractivity contribution in [2.45, 2.75) is 13.3 Å². The Morgan fingerprint density at radius 2 is 2.16 bits per heavy atom. The first-order valence-corrected chi connectivity index (χ1v) is 5.37. The summed E-state index contributed by atoms with van der Waals surface area (Å²) in [6, 6.07) is 5.43. The van der Waals surface area contributed by atoms with Gasteiger partial charge in [0.2, 0.25) is 5.78 Å². The molecule has 1 rings (SSSR count). The van der Waals surface area contributed by atoms with E-state index in [1.165, 1.54) is 12.1 Å². The highest BCUT2D eigenvalue weighted by molar-refractivity contribution is 6.34. The Balaban J connectivity index is 3.05. The van der Waals surface area contributed by atoms with Crippen molar-refractivity contribution in [3.05, 3.63) is 39.4 Å². The van der Waals surface area contributed by atoms with Crippen molar-refractivity contribution < 1.29 is 19.2 Å². The second-order valence-corrected chi connectivity index (χ2v) is 3.53. The number of hydrogen-bond acceptors (Lipinski definition) is 6. The molecule has 0 aliphatic rings. The van der Waals surface area contributed by atoms with E-state index in [9.17, 15) is 19.7 Å². The third-order valence-corrected chi connectivity index (χ3v) is 2.26. The SMILES string of the molecule is CCOC(=O)C(=O)Cc1cc(C#N)ccc1[N+](=O)[O-]. The summed E-state index contributed by atoms with van der Waals surface area (Å²) < 4.78 is 4.51. The van der Waals surface area contributed by atoms with Gasteiger partial charge in [-0.15, -0.1) is 0 Å². The first-order valence-electron chi connectivity index (χ1n) is 5.37. The lowest BCUT2D eigenvalue weighted by molar-refractivity contribution is -0.385. The van der Waals surface area contributed by atoms with E-state index in [4.69, 9.17) is 5.26 Å². The number of esters is 1. The minimum atomic E-state index is -1.04. The largest absolute Gasteiger partial charge is 0.460 e. The minimum Gasteiger partial charge on any atom is -0.460 e. The molecule has 0 heterocycles. The van der Waals surface area contributed by atoms with Gasteiger partial charge in [0, 0.05) is 18.1 Å². The van der Waals surface area contributed by atoms with E-state index < -0.39 is 23.1 Å². The fourth-order valence-corrected chi connectivity index (χ4v) is 1.43. The van der Waals surface area contributed by atoms with E-state index in [1.807, 2.05) is 6.07 Å². The van der Waals surface area contributed by atoms with E-state index >= 15 is 0 Å². The van der Waals surface area contributed by atoms with Crippen molar-refractivity contribution in [1.82, 2.24) is 0 Å². The van der Waals surface area contributed by atoms with Crippen LogP contribution in [0, 0.1) is 21.4 Å². The Kier molecular flexibility index (Phi) is 4.71. The first-order chi connectivity index (χ1) is 8.99. The zero-order valence-corrected chi connectivity index (χ0v) is 10.1. The van der Waals surface area contributed by atoms with Gasteiger partial charge in [0.25, 0.3) is 5.69 Å². The Morgan fingerprint density at radius 3 is 2.68 bits per heavy atom. The molecule has 98 valence electrons. The predicted molar refractivity (Wildman–Crippen MR) is 63.2 cm³/mol. The van der Waals surface area contributed by atoms with Crippen LogP contribution in [0.4, 0.5) is 5.69 Å². The number of nitrogens with zero attached hydrogens (tertiary/aromatic N) is 2. The van der Waals surface area contributed by atoms with Gasteiger partial charge in [-0.05, 0) is 19.1 Å². The molecule has 7 heteroatoms. The fourth-order valence-electron chi connectivity index (χ4n) is 1.43. The molecule has 0 spiro atoms. The number of carbonyl (C=O) groups is 2. The van der Waals surface area contributed by atoms with Gasteiger partial charge in [-0.25, -0.2) is 4.79 Å². The van der Waals surface area contributed by atoms with Gasteiger partial charge < -0.3 is 4.74 Å². The van der Waals surface area contributed by atoms with Crippen LogP contribution in [0.15, 0.2) is 18.2 Å². The normalized spacial score (nSPS) is 9.47. The quantitative estimate of drug-likeness (QED) is 0.340. The third kappa shape index (κ3) is 3.61. The molecule has 0 aliphatic heterocycles. The average molecular weight is 262 g/mol. The maximum atomic E-state index is 11.5. The molecule has 0 saturated carbocycles. The van der Waals surface area contributed by atoms with Gasteiger partial charge in [-0.3, -0.25) is 14.9 Å². The molecule has 19 heavy (non-hydrogen) atoms. The zero-order valence-electron chi connectivity index (χ0n) is 10.1. The maximum absolute atomic E-state index is 11.5. The number of hydrogen-bond donors (Lipinski definition) is 0. The van der Waals surface area contributed by atoms with E-state index in [0.29, 0.717) is 0 Å². The molecule has 1 aromatic rings. The summed E-state index contributed by atoms with van der Waals surface area (Å²) in [6.45, 7) is 1.59. The molecule has 7 nitrogen and oxygen atoms in total. The van der Waals surface area contributed by atoms with Crippen LogP contribution in [-0.4, -0.2) is 23.3 Å². The molecule has 0 atom stereocenters. The number of nitro groups is 1. The van der Waals surface area contributed by atoms with Crippen molar-refractivity contribution >= 4 is 17.4 Å². The van der Waals surface area contributed by atoms with Crippen LogP contribution in [-0.2, 0) is 20.7 Å². The molecule has 1 aromatic carbocycles. The second-order valence-electron chi connectivity index (χ2n) is 3.53. The van der Waals surface area contributed by atoms with E-state index in [1.54, 1.807) is 6.92 Å². The first kappa shape index (κ1) is 14.3. The fraction of sp³-hybridized carbons (Fsp3) is 0.250. The molecule has 0 unspecified atom stereocenters. The van der Waals surface area contributed by atoms with E-state index in [2.05, 4.69) is 4.74 Å². The van der Waals surface area contributed by atoms with Crippen LogP contribution in [0.25, 0.3) is 0 Å². The molecule has 0 saturated heterocycles. The Morgan fingerprint density at radius 1 is 1.47 bits per heavy atom. The molecular weight excluding hydrogens is 252 g/mol. The van der Waals surface area contributed by atoms with Gasteiger partial charge >= 0.3 is 5.97 Å². The van der Waals surface area contributed by atoms with Crippen molar-refractivity contribution in [2.75, 3.05) is 6.61 Å². The topological polar surface area (TPSA) is 110 Å². The summed E-state index contributed by atoms with van der Waals surface area (Å²) in [5.41, 5.74) is -0.115. The highest BCUT2D eigenvalue weighted by atomic mass is 16.6. The summed E-state index contributed by atoms with van der Waals surface area (Å²) in [5.74, 6) is -1.93. The van der Waals surface area contributed by atoms with Crippen molar-refractivity contribution in [1.29, 1.82) is 5.26 Å². The number of rotatable bonds is 5. The number of Topliss-reactive ketones (excluding diaryl/α,β-unsaturated/α-hetero) is 1. The molecule has 0 N–H and O–H groups in total. The van der Waals surface area contributed by atoms with Gasteiger partial charge in [0.15, 0.2) is 0 Å². The van der Waals surface area contributed by atoms with Crippen LogP contribution in [0.5, 0.6) is 0 Å². The standard InChI is InChI=1S/C12H10N2O5/c1-2-19-12(16)11(15)6-9-5-8(7-13)3-4-10(9)14(17)18/h3-5H,2,6H2,1H3. The maximum Gasteiger partial charge on any atom is 0.374 e. The third-order valence-electron chi connectivity index (χ3n) is 2.26. The highest BCUT2D eigenvalue weighted by Crippen LogP contribution is 2.20. The average Bonchev–Trinajstić information content (AvgIpc) is 2.38. The number of nitriles is 1. The van der Waals surface area contributed by atoms with Gasteiger partial charge in [0.1, 0.15) is 0 Å². The predicted octanol–water partition coefficient (Wildman–Crippen LogP) is 1.14. The van der Waals surface area contributed by atoms with Gasteiger partial charge in [-0.1, -0.05) is 0 Å². The Labute approximate surface area is 108 Å². The minimum absolute atomic E-state index is 0.0158. The second kappa shape index (κ2) is 6.26. The van der Waals surface area contributed by atoms with Crippen molar-refractivity contribution in [3.63, 3.8) is 0 Å². The number of nitro benzene ring substituents is 1. The van der Waals surface area contributed by atoms with Crippen molar-refractivity contribution in [3.8, 4) is 6.07 Å². The van der Waals surface area contributed by atoms with Gasteiger partial charge in [0.05, 0.1) is 23.2 Å². The summed E-state index contributed by atoms with van der Waals surface area (Å²) in [4.78, 5) is 32.8. The smallest absolute Gasteiger partial charge is 0.374 e. The van der Waals surface area contributed by atoms with Crippen LogP contribution < -0.4 is 0 Å². The molecule has 0 fully saturated rings. The summed E-state index contributed by atoms with van der Waals surface area (Å²) in [5, 5.41) is 19.5. The lowest BCUT2D eigenvalue weighted by Crippen LogP contribution is -2.20. The Hall–Kier alpha value is -2.75. The van der Waals surface area contributed by atoms with E-state index in [0.717, 1.165) is 6.07 Å². The number of ether oxygens (including phenoxy) is 1. The van der Waals surface area contributed by atoms with Crippen LogP contribution in [0.3, 0.4) is 0 Å². The lowest BCUT2D eigenvalue weighted by atomic mass is 10.0. The van der Waals surface area contributed by atoms with Crippen LogP contribution in [0.1, 0.15) is 18.1 Å². The summed E-state index contributed by atoms with van der Waals surface area (Å²) in [7, 11) is 0. The molecule has 0 aromatic heterocycles. The highest BCUT2D eigenvalue weighted by Gasteiger charge is 2.21. The van der Waals surface area contributed by atoms with E-state index in [-0.39, 0.29) is 23.4 Å². The summed E-state index contributed by atoms with van der Waals surface area (Å²) >= 11 is 0. The lowest BCUT2D eigenvalue weighted by Gasteiger charge is -2.03. The zero-order chi connectivity index (χ0) is 14.4. The number of ketones is 1. The van der Waals surface area contributed by atoms with Crippen molar-refractivity contribution in [2.24, 2.45) is 0 Å². The molecule has 0 radical (unpaired) electrons. The molecule has 0 aliphatic carbocycles. The Bertz CT molecular complexity index is 574. The van der Waals surface area contributed by atoms with Gasteiger partial charge in [-0.2, -0.15) is 5.26 Å². The summed E-state index contributed by atoms with van der Waals surface area (Å²) in [6.07, 6.45) is -0.468. The molecule has 0 bridgehead atoms. The molecule has 0 amide bonds. The monoisotopic (exact) mass is 262 g/mol.